The lowest BCUT2D eigenvalue weighted by atomic mass is 10.1. The summed E-state index contributed by atoms with van der Waals surface area (Å²) in [5.41, 5.74) is 4.39. The average molecular weight is 336 g/mol. The Bertz CT molecular complexity index is 969. The lowest BCUT2D eigenvalue weighted by molar-refractivity contribution is 0.236. The van der Waals surface area contributed by atoms with Crippen molar-refractivity contribution in [3.8, 4) is 0 Å². The minimum absolute atomic E-state index is 0.0372. The first-order valence-corrected chi connectivity index (χ1v) is 9.02. The van der Waals surface area contributed by atoms with Crippen molar-refractivity contribution in [2.45, 2.75) is 39.3 Å². The molecule has 1 aliphatic rings. The lowest BCUT2D eigenvalue weighted by Crippen LogP contribution is -2.36. The molecule has 0 unspecified atom stereocenters. The maximum Gasteiger partial charge on any atom is 0.255 e. The van der Waals surface area contributed by atoms with E-state index < -0.39 is 0 Å². The van der Waals surface area contributed by atoms with Crippen molar-refractivity contribution in [2.24, 2.45) is 7.05 Å². The number of nitrogens with zero attached hydrogens (tertiary/aromatic N) is 3. The molecular formula is C20H24N4O. The summed E-state index contributed by atoms with van der Waals surface area (Å²) in [6, 6.07) is 10.7. The number of hydrogen-bond donors (Lipinski definition) is 1. The number of benzene rings is 1. The van der Waals surface area contributed by atoms with E-state index in [2.05, 4.69) is 63.7 Å². The summed E-state index contributed by atoms with van der Waals surface area (Å²) >= 11 is 0. The van der Waals surface area contributed by atoms with Crippen LogP contribution in [0.15, 0.2) is 35.1 Å². The predicted molar refractivity (Wildman–Crippen MR) is 99.6 cm³/mol. The van der Waals surface area contributed by atoms with E-state index in [4.69, 9.17) is 0 Å². The fourth-order valence-electron chi connectivity index (χ4n) is 3.75. The van der Waals surface area contributed by atoms with Crippen LogP contribution in [-0.4, -0.2) is 26.0 Å². The second kappa shape index (κ2) is 6.48. The molecule has 0 bridgehead atoms. The van der Waals surface area contributed by atoms with Crippen molar-refractivity contribution in [2.75, 3.05) is 6.54 Å². The van der Waals surface area contributed by atoms with Crippen molar-refractivity contribution < 1.29 is 0 Å². The molecule has 1 aromatic carbocycles. The Morgan fingerprint density at radius 3 is 2.92 bits per heavy atom. The van der Waals surface area contributed by atoms with Gasteiger partial charge < -0.3 is 9.55 Å². The number of aromatic nitrogens is 3. The number of fused-ring (bicyclic) bond motifs is 2. The van der Waals surface area contributed by atoms with Crippen molar-refractivity contribution in [3.63, 3.8) is 0 Å². The Kier molecular flexibility index (Phi) is 4.17. The molecule has 0 atom stereocenters. The second-order valence-corrected chi connectivity index (χ2v) is 6.90. The first-order valence-electron chi connectivity index (χ1n) is 9.02. The zero-order valence-electron chi connectivity index (χ0n) is 14.9. The highest BCUT2D eigenvalue weighted by Crippen LogP contribution is 2.22. The standard InChI is InChI=1S/C20H24N4O/c1-3-6-19-21-17-9-10-24(13-16(17)20(25)22-19)12-15-11-14-7-4-5-8-18(14)23(15)2/h4-5,7-8,11H,3,6,9-10,12-13H2,1-2H3,(H,21,22,25). The summed E-state index contributed by atoms with van der Waals surface area (Å²) in [5.74, 6) is 0.827. The number of hydrogen-bond acceptors (Lipinski definition) is 3. The number of nitrogens with one attached hydrogen (secondary N) is 1. The van der Waals surface area contributed by atoms with E-state index in [-0.39, 0.29) is 5.56 Å². The van der Waals surface area contributed by atoms with Gasteiger partial charge in [0.15, 0.2) is 0 Å². The summed E-state index contributed by atoms with van der Waals surface area (Å²) in [6.45, 7) is 4.56. The Balaban J connectivity index is 1.58. The minimum Gasteiger partial charge on any atom is -0.346 e. The molecule has 5 nitrogen and oxygen atoms in total. The van der Waals surface area contributed by atoms with Crippen molar-refractivity contribution in [1.82, 2.24) is 19.4 Å². The summed E-state index contributed by atoms with van der Waals surface area (Å²) in [4.78, 5) is 22.4. The number of aryl methyl sites for hydroxylation is 2. The summed E-state index contributed by atoms with van der Waals surface area (Å²) in [7, 11) is 2.11. The molecule has 0 amide bonds. The highest BCUT2D eigenvalue weighted by molar-refractivity contribution is 5.81. The van der Waals surface area contributed by atoms with Crippen LogP contribution in [-0.2, 0) is 33.0 Å². The second-order valence-electron chi connectivity index (χ2n) is 6.90. The molecular weight excluding hydrogens is 312 g/mol. The van der Waals surface area contributed by atoms with Crippen LogP contribution in [0.4, 0.5) is 0 Å². The molecule has 0 fully saturated rings. The Morgan fingerprint density at radius 1 is 1.28 bits per heavy atom. The van der Waals surface area contributed by atoms with E-state index in [0.717, 1.165) is 49.4 Å². The van der Waals surface area contributed by atoms with Gasteiger partial charge in [0, 0.05) is 50.7 Å². The van der Waals surface area contributed by atoms with E-state index in [1.165, 1.54) is 16.6 Å². The average Bonchev–Trinajstić information content (AvgIpc) is 2.92. The lowest BCUT2D eigenvalue weighted by Gasteiger charge is -2.27. The molecule has 3 aromatic rings. The Hall–Kier alpha value is -2.40. The van der Waals surface area contributed by atoms with E-state index >= 15 is 0 Å². The van der Waals surface area contributed by atoms with E-state index in [9.17, 15) is 4.79 Å². The molecule has 0 radical (unpaired) electrons. The first-order chi connectivity index (χ1) is 12.2. The van der Waals surface area contributed by atoms with Gasteiger partial charge in [-0.25, -0.2) is 4.98 Å². The number of aromatic amines is 1. The van der Waals surface area contributed by atoms with Crippen LogP contribution in [0.2, 0.25) is 0 Å². The molecule has 0 saturated carbocycles. The van der Waals surface area contributed by atoms with Gasteiger partial charge in [-0.15, -0.1) is 0 Å². The van der Waals surface area contributed by atoms with E-state index in [1.54, 1.807) is 0 Å². The quantitative estimate of drug-likeness (QED) is 0.797. The molecule has 0 aliphatic carbocycles. The van der Waals surface area contributed by atoms with Crippen LogP contribution in [0.1, 0.15) is 36.1 Å². The van der Waals surface area contributed by atoms with Crippen LogP contribution < -0.4 is 5.56 Å². The Morgan fingerprint density at radius 2 is 2.12 bits per heavy atom. The third-order valence-electron chi connectivity index (χ3n) is 5.12. The van der Waals surface area contributed by atoms with Crippen LogP contribution in [0.3, 0.4) is 0 Å². The minimum atomic E-state index is 0.0372. The highest BCUT2D eigenvalue weighted by Gasteiger charge is 2.22. The van der Waals surface area contributed by atoms with Crippen molar-refractivity contribution >= 4 is 10.9 Å². The van der Waals surface area contributed by atoms with Gasteiger partial charge in [-0.2, -0.15) is 0 Å². The number of para-hydroxylation sites is 1. The Labute approximate surface area is 147 Å². The first kappa shape index (κ1) is 16.1. The van der Waals surface area contributed by atoms with Crippen molar-refractivity contribution in [1.29, 1.82) is 0 Å². The van der Waals surface area contributed by atoms with Crippen LogP contribution in [0, 0.1) is 0 Å². The molecule has 5 heteroatoms. The van der Waals surface area contributed by atoms with Crippen molar-refractivity contribution in [3.05, 3.63) is 63.5 Å². The van der Waals surface area contributed by atoms with Gasteiger partial charge in [0.2, 0.25) is 0 Å². The zero-order valence-corrected chi connectivity index (χ0v) is 14.9. The van der Waals surface area contributed by atoms with Crippen LogP contribution in [0.5, 0.6) is 0 Å². The number of rotatable bonds is 4. The maximum atomic E-state index is 12.4. The van der Waals surface area contributed by atoms with Gasteiger partial charge in [-0.05, 0) is 23.9 Å². The topological polar surface area (TPSA) is 53.9 Å². The summed E-state index contributed by atoms with van der Waals surface area (Å²) in [6.07, 6.45) is 2.68. The van der Waals surface area contributed by atoms with E-state index in [1.807, 2.05) is 0 Å². The summed E-state index contributed by atoms with van der Waals surface area (Å²) in [5, 5.41) is 1.26. The van der Waals surface area contributed by atoms with Crippen LogP contribution in [0.25, 0.3) is 10.9 Å². The maximum absolute atomic E-state index is 12.4. The molecule has 25 heavy (non-hydrogen) atoms. The molecule has 3 heterocycles. The van der Waals surface area contributed by atoms with E-state index in [0.29, 0.717) is 6.54 Å². The summed E-state index contributed by atoms with van der Waals surface area (Å²) < 4.78 is 2.25. The van der Waals surface area contributed by atoms with Gasteiger partial charge in [-0.3, -0.25) is 9.69 Å². The van der Waals surface area contributed by atoms with Gasteiger partial charge >= 0.3 is 0 Å². The highest BCUT2D eigenvalue weighted by atomic mass is 16.1. The zero-order chi connectivity index (χ0) is 17.4. The third kappa shape index (κ3) is 3.00. The monoisotopic (exact) mass is 336 g/mol. The fourth-order valence-corrected chi connectivity index (χ4v) is 3.75. The molecule has 0 saturated heterocycles. The molecule has 1 N–H and O–H groups in total. The molecule has 130 valence electrons. The largest absolute Gasteiger partial charge is 0.346 e. The van der Waals surface area contributed by atoms with Gasteiger partial charge in [-0.1, -0.05) is 25.1 Å². The smallest absolute Gasteiger partial charge is 0.255 e. The third-order valence-corrected chi connectivity index (χ3v) is 5.12. The van der Waals surface area contributed by atoms with Crippen LogP contribution >= 0.6 is 0 Å². The normalized spacial score (nSPS) is 14.8. The predicted octanol–water partition coefficient (Wildman–Crippen LogP) is 2.77. The van der Waals surface area contributed by atoms with Gasteiger partial charge in [0.1, 0.15) is 5.82 Å². The fraction of sp³-hybridized carbons (Fsp3) is 0.400. The molecule has 1 aliphatic heterocycles. The molecule has 4 rings (SSSR count). The van der Waals surface area contributed by atoms with Gasteiger partial charge in [0.25, 0.3) is 5.56 Å². The number of H-pyrrole nitrogens is 1. The molecule has 2 aromatic heterocycles. The molecule has 0 spiro atoms. The SMILES string of the molecule is CCCc1nc2c(c(=O)[nH]1)CN(Cc1cc3ccccc3n1C)CC2. The van der Waals surface area contributed by atoms with Gasteiger partial charge in [0.05, 0.1) is 11.3 Å².